The summed E-state index contributed by atoms with van der Waals surface area (Å²) < 4.78 is 15.7. The monoisotopic (exact) mass is 324 g/mol. The van der Waals surface area contributed by atoms with E-state index >= 15 is 0 Å². The van der Waals surface area contributed by atoms with Crippen LogP contribution < -0.4 is 10.4 Å². The smallest absolute Gasteiger partial charge is 0.351 e. The summed E-state index contributed by atoms with van der Waals surface area (Å²) in [4.78, 5) is 23.9. The van der Waals surface area contributed by atoms with Gasteiger partial charge in [-0.3, -0.25) is 0 Å². The molecule has 0 bridgehead atoms. The average Bonchev–Trinajstić information content (AvgIpc) is 2.58. The van der Waals surface area contributed by atoms with E-state index in [4.69, 9.17) is 13.9 Å². The van der Waals surface area contributed by atoms with Gasteiger partial charge in [0.25, 0.3) is 0 Å². The lowest BCUT2D eigenvalue weighted by Gasteiger charge is -2.08. The SMILES string of the molecule is Cc1cccc(OCCOC(=O)c2cc3ccccc3oc2=O)c1. The van der Waals surface area contributed by atoms with Crippen LogP contribution in [0.15, 0.2) is 63.8 Å². The molecule has 0 atom stereocenters. The van der Waals surface area contributed by atoms with E-state index in [0.29, 0.717) is 16.7 Å². The van der Waals surface area contributed by atoms with E-state index in [2.05, 4.69) is 0 Å². The summed E-state index contributed by atoms with van der Waals surface area (Å²) in [6.07, 6.45) is 0. The molecule has 0 fully saturated rings. The van der Waals surface area contributed by atoms with Gasteiger partial charge in [0, 0.05) is 5.39 Å². The molecule has 1 heterocycles. The Kier molecular flexibility index (Phi) is 4.61. The van der Waals surface area contributed by atoms with Crippen molar-refractivity contribution in [2.24, 2.45) is 0 Å². The molecule has 0 amide bonds. The molecular formula is C19H16O5. The number of carbonyl (C=O) groups is 1. The van der Waals surface area contributed by atoms with Gasteiger partial charge in [0.2, 0.25) is 0 Å². The third-order valence-corrected chi connectivity index (χ3v) is 3.44. The highest BCUT2D eigenvalue weighted by atomic mass is 16.6. The molecule has 3 rings (SSSR count). The Morgan fingerprint density at radius 2 is 1.88 bits per heavy atom. The van der Waals surface area contributed by atoms with E-state index < -0.39 is 11.6 Å². The van der Waals surface area contributed by atoms with E-state index in [0.717, 1.165) is 5.56 Å². The summed E-state index contributed by atoms with van der Waals surface area (Å²) in [5.74, 6) is -0.0152. The van der Waals surface area contributed by atoms with Crippen LogP contribution in [-0.4, -0.2) is 19.2 Å². The van der Waals surface area contributed by atoms with E-state index in [1.165, 1.54) is 6.07 Å². The predicted octanol–water partition coefficient (Wildman–Crippen LogP) is 3.34. The number of ether oxygens (including phenoxy) is 2. The number of aryl methyl sites for hydroxylation is 1. The maximum Gasteiger partial charge on any atom is 0.351 e. The molecule has 0 aliphatic heterocycles. The zero-order valence-electron chi connectivity index (χ0n) is 13.2. The van der Waals surface area contributed by atoms with Crippen molar-refractivity contribution in [2.45, 2.75) is 6.92 Å². The van der Waals surface area contributed by atoms with Crippen molar-refractivity contribution in [3.05, 3.63) is 76.1 Å². The molecule has 0 aliphatic rings. The van der Waals surface area contributed by atoms with Gasteiger partial charge in [0.05, 0.1) is 0 Å². The Balaban J connectivity index is 1.61. The highest BCUT2D eigenvalue weighted by molar-refractivity contribution is 5.92. The molecule has 0 radical (unpaired) electrons. The molecule has 24 heavy (non-hydrogen) atoms. The first-order chi connectivity index (χ1) is 11.6. The van der Waals surface area contributed by atoms with Crippen LogP contribution >= 0.6 is 0 Å². The number of fused-ring (bicyclic) bond motifs is 1. The van der Waals surface area contributed by atoms with Gasteiger partial charge < -0.3 is 13.9 Å². The second kappa shape index (κ2) is 7.00. The highest BCUT2D eigenvalue weighted by Gasteiger charge is 2.15. The van der Waals surface area contributed by atoms with Crippen molar-refractivity contribution in [3.63, 3.8) is 0 Å². The van der Waals surface area contributed by atoms with Gasteiger partial charge in [-0.2, -0.15) is 0 Å². The van der Waals surface area contributed by atoms with Gasteiger partial charge in [-0.15, -0.1) is 0 Å². The fourth-order valence-corrected chi connectivity index (χ4v) is 2.28. The zero-order valence-corrected chi connectivity index (χ0v) is 13.2. The number of hydrogen-bond acceptors (Lipinski definition) is 5. The fourth-order valence-electron chi connectivity index (χ4n) is 2.28. The van der Waals surface area contributed by atoms with E-state index in [9.17, 15) is 9.59 Å². The van der Waals surface area contributed by atoms with Crippen LogP contribution in [0.25, 0.3) is 11.0 Å². The van der Waals surface area contributed by atoms with Crippen molar-refractivity contribution in [3.8, 4) is 5.75 Å². The van der Waals surface area contributed by atoms with Crippen molar-refractivity contribution < 1.29 is 18.7 Å². The van der Waals surface area contributed by atoms with Gasteiger partial charge in [-0.05, 0) is 36.8 Å². The number of para-hydroxylation sites is 1. The molecule has 122 valence electrons. The van der Waals surface area contributed by atoms with E-state index in [-0.39, 0.29) is 18.8 Å². The summed E-state index contributed by atoms with van der Waals surface area (Å²) in [6, 6.07) is 16.0. The van der Waals surface area contributed by atoms with Gasteiger partial charge in [0.1, 0.15) is 30.1 Å². The molecule has 2 aromatic carbocycles. The molecule has 0 N–H and O–H groups in total. The number of carbonyl (C=O) groups excluding carboxylic acids is 1. The Hall–Kier alpha value is -3.08. The van der Waals surface area contributed by atoms with Crippen LogP contribution in [0.5, 0.6) is 5.75 Å². The average molecular weight is 324 g/mol. The maximum absolute atomic E-state index is 12.0. The second-order valence-corrected chi connectivity index (χ2v) is 5.29. The van der Waals surface area contributed by atoms with E-state index in [1.807, 2.05) is 31.2 Å². The van der Waals surface area contributed by atoms with Gasteiger partial charge in [-0.1, -0.05) is 30.3 Å². The molecule has 5 heteroatoms. The zero-order chi connectivity index (χ0) is 16.9. The summed E-state index contributed by atoms with van der Waals surface area (Å²) in [5.41, 5.74) is 0.683. The van der Waals surface area contributed by atoms with Gasteiger partial charge in [0.15, 0.2) is 0 Å². The summed E-state index contributed by atoms with van der Waals surface area (Å²) >= 11 is 0. The normalized spacial score (nSPS) is 10.5. The third kappa shape index (κ3) is 3.63. The predicted molar refractivity (Wildman–Crippen MR) is 89.4 cm³/mol. The third-order valence-electron chi connectivity index (χ3n) is 3.44. The Morgan fingerprint density at radius 3 is 2.71 bits per heavy atom. The first-order valence-electron chi connectivity index (χ1n) is 7.53. The lowest BCUT2D eigenvalue weighted by Crippen LogP contribution is -2.19. The molecule has 5 nitrogen and oxygen atoms in total. The number of esters is 1. The Bertz CT molecular complexity index is 926. The molecule has 0 spiro atoms. The van der Waals surface area contributed by atoms with Gasteiger partial charge >= 0.3 is 11.6 Å². The standard InChI is InChI=1S/C19H16O5/c1-13-5-4-7-15(11-13)22-9-10-23-18(20)16-12-14-6-2-3-8-17(14)24-19(16)21/h2-8,11-12H,9-10H2,1H3. The number of rotatable bonds is 5. The molecule has 3 aromatic rings. The largest absolute Gasteiger partial charge is 0.490 e. The van der Waals surface area contributed by atoms with Crippen molar-refractivity contribution in [1.82, 2.24) is 0 Å². The van der Waals surface area contributed by atoms with Crippen molar-refractivity contribution in [1.29, 1.82) is 0 Å². The first-order valence-corrected chi connectivity index (χ1v) is 7.53. The fraction of sp³-hybridized carbons (Fsp3) is 0.158. The number of benzene rings is 2. The van der Waals surface area contributed by atoms with Crippen molar-refractivity contribution >= 4 is 16.9 Å². The maximum atomic E-state index is 12.0. The highest BCUT2D eigenvalue weighted by Crippen LogP contribution is 2.14. The topological polar surface area (TPSA) is 65.7 Å². The molecule has 1 aromatic heterocycles. The Labute approximate surface area is 138 Å². The lowest BCUT2D eigenvalue weighted by molar-refractivity contribution is 0.0446. The summed E-state index contributed by atoms with van der Waals surface area (Å²) in [6.45, 7) is 2.21. The van der Waals surface area contributed by atoms with Gasteiger partial charge in [-0.25, -0.2) is 9.59 Å². The minimum Gasteiger partial charge on any atom is -0.490 e. The lowest BCUT2D eigenvalue weighted by atomic mass is 10.2. The van der Waals surface area contributed by atoms with Crippen molar-refractivity contribution in [2.75, 3.05) is 13.2 Å². The van der Waals surface area contributed by atoms with Crippen LogP contribution in [0.3, 0.4) is 0 Å². The van der Waals surface area contributed by atoms with Crippen LogP contribution in [0.1, 0.15) is 15.9 Å². The first kappa shape index (κ1) is 15.8. The van der Waals surface area contributed by atoms with Crippen LogP contribution in [0.2, 0.25) is 0 Å². The molecule has 0 aliphatic carbocycles. The molecule has 0 unspecified atom stereocenters. The summed E-state index contributed by atoms with van der Waals surface area (Å²) in [5, 5.41) is 0.667. The van der Waals surface area contributed by atoms with Crippen LogP contribution in [0, 0.1) is 6.92 Å². The molecule has 0 saturated heterocycles. The second-order valence-electron chi connectivity index (χ2n) is 5.29. The minimum absolute atomic E-state index is 0.0407. The molecular weight excluding hydrogens is 308 g/mol. The Morgan fingerprint density at radius 1 is 1.04 bits per heavy atom. The number of hydrogen-bond donors (Lipinski definition) is 0. The van der Waals surface area contributed by atoms with Crippen LogP contribution in [0.4, 0.5) is 0 Å². The minimum atomic E-state index is -0.720. The molecule has 0 saturated carbocycles. The summed E-state index contributed by atoms with van der Waals surface area (Å²) in [7, 11) is 0. The van der Waals surface area contributed by atoms with E-state index in [1.54, 1.807) is 24.3 Å². The van der Waals surface area contributed by atoms with Crippen LogP contribution in [-0.2, 0) is 4.74 Å². The quantitative estimate of drug-likeness (QED) is 0.409.